The van der Waals surface area contributed by atoms with Gasteiger partial charge in [-0.15, -0.1) is 0 Å². The Morgan fingerprint density at radius 2 is 2.28 bits per heavy atom. The standard InChI is InChI=1S/C16H26BN6O6PS2/c1-8(18)30(25,26)28-5-10-9(27-7-31-32-16(2,3)17)4-11(29-10)23-6-20-12-13(23)21-15(19)22-14(12)24/h6,8-11H,4-5,7,18H2,1-3H3,(H,25,26)(H3,19,21,22,24)/t8?,9-,10?,11-/m1/s1. The summed E-state index contributed by atoms with van der Waals surface area (Å²) in [7, 11) is 4.85. The van der Waals surface area contributed by atoms with Crippen molar-refractivity contribution in [3.8, 4) is 0 Å². The fourth-order valence-electron chi connectivity index (χ4n) is 2.94. The van der Waals surface area contributed by atoms with Gasteiger partial charge in [0, 0.05) is 6.42 Å². The first-order chi connectivity index (χ1) is 14.9. The lowest BCUT2D eigenvalue weighted by atomic mass is 9.91. The van der Waals surface area contributed by atoms with E-state index in [0.717, 1.165) is 0 Å². The Labute approximate surface area is 193 Å². The van der Waals surface area contributed by atoms with Gasteiger partial charge in [0.05, 0.1) is 26.9 Å². The molecule has 2 aromatic heterocycles. The van der Waals surface area contributed by atoms with Crippen molar-refractivity contribution in [1.82, 2.24) is 19.5 Å². The number of aromatic amines is 1. The summed E-state index contributed by atoms with van der Waals surface area (Å²) in [5.41, 5.74) is 11.1. The topological polar surface area (TPSA) is 181 Å². The molecule has 0 bridgehead atoms. The third-order valence-corrected chi connectivity index (χ3v) is 8.74. The van der Waals surface area contributed by atoms with Gasteiger partial charge in [0.2, 0.25) is 5.95 Å². The number of anilines is 1. The number of nitrogens with zero attached hydrogens (tertiary/aromatic N) is 3. The van der Waals surface area contributed by atoms with Crippen molar-refractivity contribution in [1.29, 1.82) is 0 Å². The first kappa shape index (κ1) is 25.6. The zero-order valence-electron chi connectivity index (χ0n) is 17.8. The van der Waals surface area contributed by atoms with E-state index in [2.05, 4.69) is 15.0 Å². The highest BCUT2D eigenvalue weighted by Gasteiger charge is 2.40. The molecule has 0 spiro atoms. The minimum atomic E-state index is -4.01. The number of nitrogens with one attached hydrogen (secondary N) is 1. The van der Waals surface area contributed by atoms with Crippen LogP contribution in [0.1, 0.15) is 33.4 Å². The Morgan fingerprint density at radius 1 is 1.56 bits per heavy atom. The monoisotopic (exact) mass is 504 g/mol. The number of imidazole rings is 1. The summed E-state index contributed by atoms with van der Waals surface area (Å²) in [5, 5.41) is 0. The highest BCUT2D eigenvalue weighted by Crippen LogP contribution is 2.46. The summed E-state index contributed by atoms with van der Waals surface area (Å²) in [6.45, 7) is 4.95. The summed E-state index contributed by atoms with van der Waals surface area (Å²) in [6.07, 6.45) is 0.0344. The summed E-state index contributed by atoms with van der Waals surface area (Å²) in [5.74, 6) is -0.789. The van der Waals surface area contributed by atoms with E-state index in [1.165, 1.54) is 34.8 Å². The van der Waals surface area contributed by atoms with Crippen LogP contribution in [0.5, 0.6) is 0 Å². The maximum Gasteiger partial charge on any atom is 0.344 e. The lowest BCUT2D eigenvalue weighted by Crippen LogP contribution is -2.30. The van der Waals surface area contributed by atoms with Gasteiger partial charge >= 0.3 is 7.60 Å². The Bertz CT molecular complexity index is 1050. The van der Waals surface area contributed by atoms with Crippen molar-refractivity contribution in [2.45, 2.75) is 56.1 Å². The zero-order valence-corrected chi connectivity index (χ0v) is 20.4. The molecule has 1 fully saturated rings. The fourth-order valence-corrected chi connectivity index (χ4v) is 5.34. The molecule has 0 aromatic carbocycles. The lowest BCUT2D eigenvalue weighted by Gasteiger charge is -2.22. The number of nitrogen functional groups attached to an aromatic ring is 1. The molecule has 0 aliphatic carbocycles. The molecule has 32 heavy (non-hydrogen) atoms. The fraction of sp³-hybridized carbons (Fsp3) is 0.688. The Balaban J connectivity index is 1.76. The van der Waals surface area contributed by atoms with Gasteiger partial charge in [-0.2, -0.15) is 4.98 Å². The van der Waals surface area contributed by atoms with Crippen LogP contribution in [0.3, 0.4) is 0 Å². The van der Waals surface area contributed by atoms with Gasteiger partial charge in [-0.3, -0.25) is 18.9 Å². The second-order valence-corrected chi connectivity index (χ2v) is 13.0. The molecule has 2 aromatic rings. The third kappa shape index (κ3) is 6.29. The number of H-pyrrole nitrogens is 1. The molecule has 5 atom stereocenters. The Morgan fingerprint density at radius 3 is 2.94 bits per heavy atom. The predicted octanol–water partition coefficient (Wildman–Crippen LogP) is 1.12. The van der Waals surface area contributed by atoms with E-state index in [1.54, 1.807) is 4.57 Å². The third-order valence-electron chi connectivity index (χ3n) is 4.48. The number of aromatic nitrogens is 4. The molecule has 1 aliphatic heterocycles. The van der Waals surface area contributed by atoms with Crippen LogP contribution in [0.25, 0.3) is 11.2 Å². The molecule has 3 heterocycles. The quantitative estimate of drug-likeness (QED) is 0.119. The highest BCUT2D eigenvalue weighted by atomic mass is 33.1. The molecular weight excluding hydrogens is 478 g/mol. The molecule has 3 rings (SSSR count). The molecule has 12 nitrogen and oxygen atoms in total. The largest absolute Gasteiger partial charge is 0.369 e. The lowest BCUT2D eigenvalue weighted by molar-refractivity contribution is -0.0500. The van der Waals surface area contributed by atoms with Crippen molar-refractivity contribution in [3.05, 3.63) is 16.7 Å². The van der Waals surface area contributed by atoms with Crippen molar-refractivity contribution < 1.29 is 23.5 Å². The molecule has 1 aliphatic rings. The van der Waals surface area contributed by atoms with Crippen LogP contribution in [0.4, 0.5) is 5.95 Å². The molecule has 6 N–H and O–H groups in total. The first-order valence-corrected chi connectivity index (χ1v) is 13.7. The summed E-state index contributed by atoms with van der Waals surface area (Å²) < 4.78 is 30.5. The Kier molecular flexibility index (Phi) is 8.04. The maximum absolute atomic E-state index is 12.1. The van der Waals surface area contributed by atoms with Crippen LogP contribution in [-0.4, -0.2) is 67.4 Å². The first-order valence-electron chi connectivity index (χ1n) is 9.69. The van der Waals surface area contributed by atoms with Crippen LogP contribution in [0, 0.1) is 0 Å². The van der Waals surface area contributed by atoms with Gasteiger partial charge in [0.25, 0.3) is 5.56 Å². The molecule has 16 heteroatoms. The SMILES string of the molecule is [B]C(C)(C)SSCO[C@@H]1C[C@H](n2cnc3c(=O)[nH]c(N)nc32)OC1COP(=O)(O)C(C)N. The van der Waals surface area contributed by atoms with E-state index < -0.39 is 42.0 Å². The minimum Gasteiger partial charge on any atom is -0.369 e. The summed E-state index contributed by atoms with van der Waals surface area (Å²) in [4.78, 5) is 32.6. The van der Waals surface area contributed by atoms with Gasteiger partial charge in [-0.25, -0.2) is 4.98 Å². The number of fused-ring (bicyclic) bond motifs is 1. The van der Waals surface area contributed by atoms with Crippen molar-refractivity contribution >= 4 is 54.1 Å². The number of nitrogens with two attached hydrogens (primary N) is 2. The van der Waals surface area contributed by atoms with Crippen LogP contribution in [0.15, 0.2) is 11.1 Å². The zero-order chi connectivity index (χ0) is 23.7. The number of ether oxygens (including phenoxy) is 2. The summed E-state index contributed by atoms with van der Waals surface area (Å²) in [6, 6.07) is 0. The van der Waals surface area contributed by atoms with E-state index in [-0.39, 0.29) is 23.7 Å². The van der Waals surface area contributed by atoms with E-state index in [0.29, 0.717) is 12.4 Å². The molecule has 176 valence electrons. The number of hydrogen-bond acceptors (Lipinski definition) is 11. The highest BCUT2D eigenvalue weighted by molar-refractivity contribution is 8.77. The molecular formula is C16H26BN6O6PS2. The van der Waals surface area contributed by atoms with Crippen LogP contribution in [-0.2, 0) is 18.6 Å². The predicted molar refractivity (Wildman–Crippen MR) is 125 cm³/mol. The normalized spacial score (nSPS) is 24.6. The van der Waals surface area contributed by atoms with Crippen molar-refractivity contribution in [3.63, 3.8) is 0 Å². The summed E-state index contributed by atoms with van der Waals surface area (Å²) >= 11 is 0. The number of rotatable bonds is 10. The van der Waals surface area contributed by atoms with E-state index in [9.17, 15) is 14.3 Å². The number of hydrogen-bond donors (Lipinski definition) is 4. The van der Waals surface area contributed by atoms with Crippen molar-refractivity contribution in [2.24, 2.45) is 5.73 Å². The molecule has 2 radical (unpaired) electrons. The van der Waals surface area contributed by atoms with E-state index >= 15 is 0 Å². The van der Waals surface area contributed by atoms with Gasteiger partial charge < -0.3 is 30.4 Å². The van der Waals surface area contributed by atoms with Gasteiger partial charge in [0.15, 0.2) is 11.2 Å². The average molecular weight is 504 g/mol. The smallest absolute Gasteiger partial charge is 0.344 e. The van der Waals surface area contributed by atoms with E-state index in [1.807, 2.05) is 13.8 Å². The molecule has 0 saturated carbocycles. The molecule has 1 saturated heterocycles. The maximum atomic E-state index is 12.1. The van der Waals surface area contributed by atoms with E-state index in [4.69, 9.17) is 33.3 Å². The van der Waals surface area contributed by atoms with Crippen LogP contribution in [0.2, 0.25) is 0 Å². The second kappa shape index (κ2) is 10.1. The minimum absolute atomic E-state index is 0.0501. The van der Waals surface area contributed by atoms with Crippen LogP contribution >= 0.6 is 29.2 Å². The Hall–Kier alpha value is -1.06. The molecule has 0 amide bonds. The van der Waals surface area contributed by atoms with Crippen LogP contribution < -0.4 is 17.0 Å². The van der Waals surface area contributed by atoms with Gasteiger partial charge in [-0.1, -0.05) is 35.4 Å². The average Bonchev–Trinajstić information content (AvgIpc) is 3.26. The van der Waals surface area contributed by atoms with Crippen molar-refractivity contribution in [2.75, 3.05) is 18.3 Å². The van der Waals surface area contributed by atoms with Gasteiger partial charge in [0.1, 0.15) is 24.1 Å². The van der Waals surface area contributed by atoms with Gasteiger partial charge in [-0.05, 0) is 11.6 Å². The second-order valence-electron chi connectivity index (χ2n) is 7.87. The molecule has 3 unspecified atom stereocenters.